The van der Waals surface area contributed by atoms with Crippen molar-refractivity contribution in [2.45, 2.75) is 20.8 Å². The van der Waals surface area contributed by atoms with E-state index in [4.69, 9.17) is 10.8 Å². The van der Waals surface area contributed by atoms with Crippen LogP contribution in [0.2, 0.25) is 0 Å². The van der Waals surface area contributed by atoms with Gasteiger partial charge in [-0.15, -0.1) is 0 Å². The van der Waals surface area contributed by atoms with Crippen LogP contribution in [0.4, 0.5) is 0 Å². The largest absolute Gasteiger partial charge is 0.481 e. The van der Waals surface area contributed by atoms with Gasteiger partial charge in [0.1, 0.15) is 0 Å². The van der Waals surface area contributed by atoms with Crippen molar-refractivity contribution in [1.29, 1.82) is 0 Å². The lowest BCUT2D eigenvalue weighted by Gasteiger charge is -2.04. The molecular weight excluding hydrogens is 154 g/mol. The fourth-order valence-electron chi connectivity index (χ4n) is 0.550. The molecule has 1 atom stereocenters. The molecule has 0 fully saturated rings. The topological polar surface area (TPSA) is 63.3 Å². The number of rotatable bonds is 3. The lowest BCUT2D eigenvalue weighted by Crippen LogP contribution is -2.17. The lowest BCUT2D eigenvalue weighted by molar-refractivity contribution is -0.139. The molecule has 0 aromatic rings. The Kier molecular flexibility index (Phi) is 4.11. The number of allylic oxidation sites excluding steroid dienone is 3. The Morgan fingerprint density at radius 3 is 2.25 bits per heavy atom. The third kappa shape index (κ3) is 3.81. The molecule has 0 radical (unpaired) electrons. The van der Waals surface area contributed by atoms with Gasteiger partial charge in [0.05, 0.1) is 5.92 Å². The van der Waals surface area contributed by atoms with Crippen molar-refractivity contribution in [3.8, 4) is 0 Å². The van der Waals surface area contributed by atoms with Crippen molar-refractivity contribution in [2.75, 3.05) is 0 Å². The number of hydrogen-bond donors (Lipinski definition) is 2. The molecule has 0 spiro atoms. The van der Waals surface area contributed by atoms with Crippen molar-refractivity contribution < 1.29 is 9.90 Å². The minimum atomic E-state index is -0.897. The van der Waals surface area contributed by atoms with Crippen LogP contribution in [-0.4, -0.2) is 11.1 Å². The van der Waals surface area contributed by atoms with E-state index in [-0.39, 0.29) is 0 Å². The number of aliphatic carboxylic acids is 1. The second-order valence-corrected chi connectivity index (χ2v) is 2.97. The van der Waals surface area contributed by atoms with Crippen LogP contribution in [0.3, 0.4) is 0 Å². The van der Waals surface area contributed by atoms with Gasteiger partial charge in [0.2, 0.25) is 0 Å². The highest BCUT2D eigenvalue weighted by Gasteiger charge is 2.12. The molecular formula is C9H15NO2. The molecule has 68 valence electrons. The highest BCUT2D eigenvalue weighted by atomic mass is 16.4. The molecule has 3 nitrogen and oxygen atoms in total. The Bertz CT molecular complexity index is 225. The van der Waals surface area contributed by atoms with E-state index in [2.05, 4.69) is 0 Å². The fourth-order valence-corrected chi connectivity index (χ4v) is 0.550. The maximum Gasteiger partial charge on any atom is 0.312 e. The molecule has 0 heterocycles. The summed E-state index contributed by atoms with van der Waals surface area (Å²) >= 11 is 0. The quantitative estimate of drug-likeness (QED) is 0.629. The molecule has 0 aromatic carbocycles. The normalized spacial score (nSPS) is 13.8. The zero-order valence-corrected chi connectivity index (χ0v) is 7.66. The van der Waals surface area contributed by atoms with Crippen LogP contribution >= 0.6 is 0 Å². The van der Waals surface area contributed by atoms with Gasteiger partial charge in [0.25, 0.3) is 0 Å². The van der Waals surface area contributed by atoms with E-state index in [0.29, 0.717) is 5.70 Å². The van der Waals surface area contributed by atoms with E-state index in [1.165, 1.54) is 0 Å². The summed E-state index contributed by atoms with van der Waals surface area (Å²) in [5.74, 6) is -1.51. The van der Waals surface area contributed by atoms with Gasteiger partial charge in [-0.05, 0) is 26.8 Å². The van der Waals surface area contributed by atoms with Gasteiger partial charge in [-0.3, -0.25) is 4.79 Å². The van der Waals surface area contributed by atoms with E-state index in [0.717, 1.165) is 5.57 Å². The first-order valence-electron chi connectivity index (χ1n) is 3.78. The van der Waals surface area contributed by atoms with Crippen LogP contribution in [0.25, 0.3) is 0 Å². The van der Waals surface area contributed by atoms with Crippen molar-refractivity contribution in [2.24, 2.45) is 11.7 Å². The number of nitrogens with two attached hydrogens (primary N) is 1. The molecule has 3 N–H and O–H groups in total. The van der Waals surface area contributed by atoms with Crippen LogP contribution < -0.4 is 5.73 Å². The smallest absolute Gasteiger partial charge is 0.312 e. The number of hydrogen-bond acceptors (Lipinski definition) is 2. The van der Waals surface area contributed by atoms with Crippen molar-refractivity contribution in [1.82, 2.24) is 0 Å². The van der Waals surface area contributed by atoms with Gasteiger partial charge in [-0.25, -0.2) is 0 Å². The molecule has 0 aliphatic rings. The molecule has 3 heteroatoms. The Morgan fingerprint density at radius 2 is 1.92 bits per heavy atom. The zero-order chi connectivity index (χ0) is 9.72. The second kappa shape index (κ2) is 4.59. The Labute approximate surface area is 72.6 Å². The molecule has 0 saturated heterocycles. The average molecular weight is 169 g/mol. The number of carboxylic acids is 1. The van der Waals surface area contributed by atoms with Gasteiger partial charge in [-0.1, -0.05) is 11.6 Å². The number of carbonyl (C=O) groups is 1. The molecule has 0 bridgehead atoms. The first-order valence-corrected chi connectivity index (χ1v) is 3.78. The van der Waals surface area contributed by atoms with Crippen LogP contribution in [0.5, 0.6) is 0 Å². The first-order chi connectivity index (χ1) is 5.45. The highest BCUT2D eigenvalue weighted by Crippen LogP contribution is 2.04. The van der Waals surface area contributed by atoms with Crippen molar-refractivity contribution >= 4 is 5.97 Å². The van der Waals surface area contributed by atoms with E-state index in [9.17, 15) is 4.79 Å². The standard InChI is InChI=1S/C9H15NO2/c1-6(2)4-5-8(10)7(3)9(11)12/h4-5,7H,10H2,1-3H3,(H,11,12)/b8-5+. The van der Waals surface area contributed by atoms with E-state index >= 15 is 0 Å². The molecule has 0 amide bonds. The van der Waals surface area contributed by atoms with E-state index in [1.54, 1.807) is 19.1 Å². The van der Waals surface area contributed by atoms with E-state index in [1.807, 2.05) is 13.8 Å². The third-order valence-electron chi connectivity index (χ3n) is 1.48. The van der Waals surface area contributed by atoms with Crippen molar-refractivity contribution in [3.05, 3.63) is 23.4 Å². The number of carboxylic acid groups (broad SMARTS) is 1. The minimum absolute atomic E-state index is 0.378. The third-order valence-corrected chi connectivity index (χ3v) is 1.48. The molecule has 0 aromatic heterocycles. The van der Waals surface area contributed by atoms with Crippen LogP contribution in [0.15, 0.2) is 23.4 Å². The van der Waals surface area contributed by atoms with Crippen molar-refractivity contribution in [3.63, 3.8) is 0 Å². The summed E-state index contributed by atoms with van der Waals surface area (Å²) in [7, 11) is 0. The minimum Gasteiger partial charge on any atom is -0.481 e. The summed E-state index contributed by atoms with van der Waals surface area (Å²) in [5, 5.41) is 8.58. The maximum atomic E-state index is 10.4. The van der Waals surface area contributed by atoms with Gasteiger partial charge >= 0.3 is 5.97 Å². The molecule has 0 saturated carbocycles. The molecule has 0 aliphatic carbocycles. The average Bonchev–Trinajstić information content (AvgIpc) is 1.98. The summed E-state index contributed by atoms with van der Waals surface area (Å²) in [4.78, 5) is 10.4. The predicted molar refractivity (Wildman–Crippen MR) is 48.5 cm³/mol. The summed E-state index contributed by atoms with van der Waals surface area (Å²) in [6.07, 6.45) is 3.43. The summed E-state index contributed by atoms with van der Waals surface area (Å²) in [6.45, 7) is 5.41. The molecule has 12 heavy (non-hydrogen) atoms. The predicted octanol–water partition coefficient (Wildman–Crippen LogP) is 1.52. The second-order valence-electron chi connectivity index (χ2n) is 2.97. The zero-order valence-electron chi connectivity index (χ0n) is 7.66. The molecule has 1 unspecified atom stereocenters. The molecule has 0 aliphatic heterocycles. The van der Waals surface area contributed by atoms with Crippen LogP contribution in [-0.2, 0) is 4.79 Å². The Balaban J connectivity index is 4.38. The monoisotopic (exact) mass is 169 g/mol. The van der Waals surface area contributed by atoms with Gasteiger partial charge in [-0.2, -0.15) is 0 Å². The van der Waals surface area contributed by atoms with E-state index < -0.39 is 11.9 Å². The van der Waals surface area contributed by atoms with Gasteiger partial charge in [0, 0.05) is 5.70 Å². The SMILES string of the molecule is CC(C)=C/C=C(/N)C(C)C(=O)O. The molecule has 0 rings (SSSR count). The Hall–Kier alpha value is -1.25. The van der Waals surface area contributed by atoms with Gasteiger partial charge < -0.3 is 10.8 Å². The van der Waals surface area contributed by atoms with Crippen LogP contribution in [0, 0.1) is 5.92 Å². The summed E-state index contributed by atoms with van der Waals surface area (Å²) in [5.41, 5.74) is 6.97. The first kappa shape index (κ1) is 10.8. The van der Waals surface area contributed by atoms with Crippen LogP contribution in [0.1, 0.15) is 20.8 Å². The summed E-state index contributed by atoms with van der Waals surface area (Å²) in [6, 6.07) is 0. The highest BCUT2D eigenvalue weighted by molar-refractivity contribution is 5.72. The Morgan fingerprint density at radius 1 is 1.42 bits per heavy atom. The van der Waals surface area contributed by atoms with Gasteiger partial charge in [0.15, 0.2) is 0 Å². The fraction of sp³-hybridized carbons (Fsp3) is 0.444. The lowest BCUT2D eigenvalue weighted by atomic mass is 10.1. The maximum absolute atomic E-state index is 10.4. The summed E-state index contributed by atoms with van der Waals surface area (Å²) < 4.78 is 0.